The van der Waals surface area contributed by atoms with Gasteiger partial charge in [0.2, 0.25) is 0 Å². The highest BCUT2D eigenvalue weighted by atomic mass is 32.2. The number of sulfone groups is 1. The van der Waals surface area contributed by atoms with Gasteiger partial charge in [0.15, 0.2) is 9.84 Å². The number of rotatable bonds is 3. The first kappa shape index (κ1) is 9.00. The van der Waals surface area contributed by atoms with Crippen LogP contribution in [0, 0.1) is 0 Å². The van der Waals surface area contributed by atoms with Gasteiger partial charge in [0.25, 0.3) is 0 Å². The van der Waals surface area contributed by atoms with Crippen LogP contribution in [-0.2, 0) is 9.84 Å². The van der Waals surface area contributed by atoms with Crippen LogP contribution in [0.15, 0.2) is 0 Å². The lowest BCUT2D eigenvalue weighted by molar-refractivity contribution is 0.513. The van der Waals surface area contributed by atoms with E-state index in [9.17, 15) is 8.42 Å². The summed E-state index contributed by atoms with van der Waals surface area (Å²) in [5.74, 6) is 0.386. The highest BCUT2D eigenvalue weighted by Crippen LogP contribution is 2.24. The maximum absolute atomic E-state index is 11.0. The third-order valence-electron chi connectivity index (χ3n) is 2.18. The molecule has 0 amide bonds. The fourth-order valence-electron chi connectivity index (χ4n) is 1.25. The van der Waals surface area contributed by atoms with E-state index >= 15 is 0 Å². The lowest BCUT2D eigenvalue weighted by Gasteiger charge is -2.26. The van der Waals surface area contributed by atoms with Crippen LogP contribution in [-0.4, -0.2) is 25.5 Å². The van der Waals surface area contributed by atoms with Crippen LogP contribution in [0.5, 0.6) is 0 Å². The van der Waals surface area contributed by atoms with Gasteiger partial charge in [-0.15, -0.1) is 0 Å². The van der Waals surface area contributed by atoms with Crippen molar-refractivity contribution in [2.75, 3.05) is 5.75 Å². The molecule has 1 fully saturated rings. The van der Waals surface area contributed by atoms with Gasteiger partial charge in [-0.3, -0.25) is 0 Å². The summed E-state index contributed by atoms with van der Waals surface area (Å²) in [5, 5.41) is -0.0755. The Bertz CT molecular complexity index is 221. The molecule has 1 aliphatic rings. The predicted molar refractivity (Wildman–Crippen MR) is 45.1 cm³/mol. The average Bonchev–Trinajstić information content (AvgIpc) is 1.85. The molecule has 1 heterocycles. The predicted octanol–water partition coefficient (Wildman–Crippen LogP) is 0.301. The van der Waals surface area contributed by atoms with Crippen LogP contribution >= 0.6 is 0 Å². The molecule has 4 heteroatoms. The van der Waals surface area contributed by atoms with E-state index in [1.807, 2.05) is 6.92 Å². The van der Waals surface area contributed by atoms with Crippen LogP contribution < -0.4 is 5.73 Å². The summed E-state index contributed by atoms with van der Waals surface area (Å²) < 4.78 is 22.0. The fourth-order valence-corrected chi connectivity index (χ4v) is 2.70. The maximum atomic E-state index is 11.0. The zero-order chi connectivity index (χ0) is 8.48. The molecule has 1 saturated heterocycles. The molecule has 0 aromatic rings. The van der Waals surface area contributed by atoms with E-state index in [0.717, 1.165) is 19.3 Å². The molecule has 66 valence electrons. The maximum Gasteiger partial charge on any atom is 0.153 e. The minimum absolute atomic E-state index is 0.0755. The van der Waals surface area contributed by atoms with E-state index in [-0.39, 0.29) is 11.3 Å². The van der Waals surface area contributed by atoms with Crippen LogP contribution in [0.1, 0.15) is 26.2 Å². The zero-order valence-electron chi connectivity index (χ0n) is 6.79. The van der Waals surface area contributed by atoms with Gasteiger partial charge in [0.1, 0.15) is 0 Å². The van der Waals surface area contributed by atoms with Crippen LogP contribution in [0.4, 0.5) is 0 Å². The molecule has 2 atom stereocenters. The normalized spacial score (nSPS) is 30.9. The third kappa shape index (κ3) is 2.17. The van der Waals surface area contributed by atoms with Crippen LogP contribution in [0.3, 0.4) is 0 Å². The van der Waals surface area contributed by atoms with E-state index in [1.165, 1.54) is 0 Å². The van der Waals surface area contributed by atoms with Crippen molar-refractivity contribution in [3.8, 4) is 0 Å². The largest absolute Gasteiger partial charge is 0.328 e. The van der Waals surface area contributed by atoms with Crippen molar-refractivity contribution < 1.29 is 8.42 Å². The molecule has 1 aliphatic heterocycles. The summed E-state index contributed by atoms with van der Waals surface area (Å²) >= 11 is 0. The molecule has 0 saturated carbocycles. The van der Waals surface area contributed by atoms with Gasteiger partial charge in [-0.1, -0.05) is 0 Å². The minimum atomic E-state index is -2.67. The smallest absolute Gasteiger partial charge is 0.153 e. The Morgan fingerprint density at radius 1 is 1.64 bits per heavy atom. The molecule has 2 unspecified atom stereocenters. The Hall–Kier alpha value is -0.0900. The zero-order valence-corrected chi connectivity index (χ0v) is 7.60. The second-order valence-corrected chi connectivity index (χ2v) is 5.73. The van der Waals surface area contributed by atoms with Crippen molar-refractivity contribution in [3.63, 3.8) is 0 Å². The van der Waals surface area contributed by atoms with Gasteiger partial charge in [-0.05, 0) is 26.2 Å². The van der Waals surface area contributed by atoms with Crippen molar-refractivity contribution in [3.05, 3.63) is 0 Å². The van der Waals surface area contributed by atoms with Gasteiger partial charge >= 0.3 is 0 Å². The Labute approximate surface area is 67.9 Å². The minimum Gasteiger partial charge on any atom is -0.328 e. The van der Waals surface area contributed by atoms with Gasteiger partial charge < -0.3 is 5.73 Å². The van der Waals surface area contributed by atoms with E-state index in [0.29, 0.717) is 5.75 Å². The average molecular weight is 177 g/mol. The molecule has 0 aliphatic carbocycles. The van der Waals surface area contributed by atoms with Crippen LogP contribution in [0.2, 0.25) is 0 Å². The summed E-state index contributed by atoms with van der Waals surface area (Å²) in [7, 11) is -2.67. The van der Waals surface area contributed by atoms with Gasteiger partial charge in [0.05, 0.1) is 11.0 Å². The molecule has 11 heavy (non-hydrogen) atoms. The standard InChI is InChI=1S/C7H15NO2S/c1-6(8)2-3-7-4-5-11(7,9)10/h6-7H,2-5,8H2,1H3. The second kappa shape index (κ2) is 3.11. The number of hydrogen-bond donors (Lipinski definition) is 1. The number of hydrogen-bond acceptors (Lipinski definition) is 3. The topological polar surface area (TPSA) is 60.2 Å². The molecule has 3 nitrogen and oxygen atoms in total. The van der Waals surface area contributed by atoms with Gasteiger partial charge in [-0.2, -0.15) is 0 Å². The van der Waals surface area contributed by atoms with Crippen molar-refractivity contribution in [2.24, 2.45) is 5.73 Å². The number of nitrogens with two attached hydrogens (primary N) is 1. The van der Waals surface area contributed by atoms with Crippen molar-refractivity contribution in [1.82, 2.24) is 0 Å². The molecule has 0 radical (unpaired) electrons. The van der Waals surface area contributed by atoms with Crippen molar-refractivity contribution >= 4 is 9.84 Å². The summed E-state index contributed by atoms with van der Waals surface area (Å²) in [4.78, 5) is 0. The fraction of sp³-hybridized carbons (Fsp3) is 1.00. The lowest BCUT2D eigenvalue weighted by Crippen LogP contribution is -2.37. The monoisotopic (exact) mass is 177 g/mol. The SMILES string of the molecule is CC(N)CCC1CCS1(=O)=O. The van der Waals surface area contributed by atoms with Crippen LogP contribution in [0.25, 0.3) is 0 Å². The van der Waals surface area contributed by atoms with E-state index in [4.69, 9.17) is 5.73 Å². The summed E-state index contributed by atoms with van der Waals surface area (Å²) in [6.07, 6.45) is 2.42. The molecular formula is C7H15NO2S. The highest BCUT2D eigenvalue weighted by molar-refractivity contribution is 7.93. The van der Waals surface area contributed by atoms with Crippen molar-refractivity contribution in [1.29, 1.82) is 0 Å². The first-order valence-electron chi connectivity index (χ1n) is 3.99. The quantitative estimate of drug-likeness (QED) is 0.674. The highest BCUT2D eigenvalue weighted by Gasteiger charge is 2.34. The van der Waals surface area contributed by atoms with Crippen molar-refractivity contribution in [2.45, 2.75) is 37.5 Å². The first-order chi connectivity index (χ1) is 5.02. The lowest BCUT2D eigenvalue weighted by atomic mass is 10.1. The summed E-state index contributed by atoms with van der Waals surface area (Å²) in [6, 6.07) is 0.130. The van der Waals surface area contributed by atoms with E-state index in [2.05, 4.69) is 0 Å². The Balaban J connectivity index is 2.29. The third-order valence-corrected chi connectivity index (χ3v) is 4.47. The molecule has 0 aromatic carbocycles. The Morgan fingerprint density at radius 2 is 2.27 bits per heavy atom. The van der Waals surface area contributed by atoms with E-state index < -0.39 is 9.84 Å². The Kier molecular flexibility index (Phi) is 2.54. The molecule has 0 spiro atoms. The molecule has 2 N–H and O–H groups in total. The first-order valence-corrected chi connectivity index (χ1v) is 5.71. The van der Waals surface area contributed by atoms with Gasteiger partial charge in [-0.25, -0.2) is 8.42 Å². The summed E-state index contributed by atoms with van der Waals surface area (Å²) in [6.45, 7) is 1.91. The molecule has 0 bridgehead atoms. The molecule has 0 aromatic heterocycles. The molecule has 1 rings (SSSR count). The second-order valence-electron chi connectivity index (χ2n) is 3.33. The summed E-state index contributed by atoms with van der Waals surface area (Å²) in [5.41, 5.74) is 5.51. The Morgan fingerprint density at radius 3 is 2.55 bits per heavy atom. The van der Waals surface area contributed by atoms with E-state index in [1.54, 1.807) is 0 Å². The molecular weight excluding hydrogens is 162 g/mol. The van der Waals surface area contributed by atoms with Gasteiger partial charge in [0, 0.05) is 6.04 Å².